The molecule has 4 rings (SSSR count). The molecule has 14 heteroatoms. The largest absolute Gasteiger partial charge is 0.435 e. The van der Waals surface area contributed by atoms with E-state index in [1.54, 1.807) is 23.5 Å². The molecule has 40 heavy (non-hydrogen) atoms. The third-order valence-corrected chi connectivity index (χ3v) is 6.63. The monoisotopic (exact) mass is 605 g/mol. The smallest absolute Gasteiger partial charge is 0.374 e. The van der Waals surface area contributed by atoms with Gasteiger partial charge in [-0.05, 0) is 42.0 Å². The average Bonchev–Trinajstić information content (AvgIpc) is 3.32. The maximum Gasteiger partial charge on any atom is 0.435 e. The molecule has 0 aliphatic carbocycles. The van der Waals surface area contributed by atoms with Crippen molar-refractivity contribution in [3.63, 3.8) is 0 Å². The Bertz CT molecular complexity index is 1490. The number of fused-ring (bicyclic) bond motifs is 1. The van der Waals surface area contributed by atoms with E-state index in [4.69, 9.17) is 28.0 Å². The van der Waals surface area contributed by atoms with Gasteiger partial charge in [0.25, 0.3) is 11.5 Å². The molecule has 3 aromatic carbocycles. The summed E-state index contributed by atoms with van der Waals surface area (Å²) in [5.74, 6) is -1.83. The highest BCUT2D eigenvalue weighted by molar-refractivity contribution is 6.34. The molecule has 1 aliphatic heterocycles. The van der Waals surface area contributed by atoms with Crippen molar-refractivity contribution in [1.29, 1.82) is 0 Å². The molecular formula is C26H19Cl2F6N3O3. The van der Waals surface area contributed by atoms with Crippen LogP contribution in [0.5, 0.6) is 0 Å². The minimum absolute atomic E-state index is 0.0229. The molecule has 2 amide bonds. The van der Waals surface area contributed by atoms with E-state index in [-0.39, 0.29) is 32.4 Å². The normalized spacial score (nSPS) is 18.2. The van der Waals surface area contributed by atoms with Crippen molar-refractivity contribution < 1.29 is 40.8 Å². The molecule has 3 aromatic rings. The summed E-state index contributed by atoms with van der Waals surface area (Å²) in [5, 5.41) is 8.39. The van der Waals surface area contributed by atoms with E-state index in [9.17, 15) is 35.9 Å². The molecule has 0 aromatic heterocycles. The van der Waals surface area contributed by atoms with Crippen molar-refractivity contribution in [3.05, 3.63) is 81.3 Å². The summed E-state index contributed by atoms with van der Waals surface area (Å²) >= 11 is 11.9. The van der Waals surface area contributed by atoms with Crippen molar-refractivity contribution in [3.8, 4) is 0 Å². The fourth-order valence-electron chi connectivity index (χ4n) is 4.26. The number of carbonyl (C=O) groups excluding carboxylic acids is 2. The van der Waals surface area contributed by atoms with Gasteiger partial charge in [-0.25, -0.2) is 0 Å². The van der Waals surface area contributed by atoms with Gasteiger partial charge in [-0.15, -0.1) is 0 Å². The average molecular weight is 606 g/mol. The van der Waals surface area contributed by atoms with Crippen molar-refractivity contribution >= 4 is 51.5 Å². The van der Waals surface area contributed by atoms with Crippen LogP contribution in [0.1, 0.15) is 34.8 Å². The third kappa shape index (κ3) is 5.97. The number of rotatable bonds is 6. The van der Waals surface area contributed by atoms with Gasteiger partial charge >= 0.3 is 12.4 Å². The summed E-state index contributed by atoms with van der Waals surface area (Å²) in [6, 6.07) is 11.1. The Morgan fingerprint density at radius 3 is 2.23 bits per heavy atom. The first-order chi connectivity index (χ1) is 18.6. The number of benzene rings is 3. The van der Waals surface area contributed by atoms with E-state index in [2.05, 4.69) is 10.5 Å². The van der Waals surface area contributed by atoms with E-state index < -0.39 is 48.8 Å². The van der Waals surface area contributed by atoms with Crippen LogP contribution in [0.25, 0.3) is 10.8 Å². The first kappa shape index (κ1) is 29.5. The standard InChI is InChI=1S/C26H19Cl2F6N3O3/c1-13(22(38)35-12-25(29,30)31)36-23(39)20-7-6-19(17-4-2-3-5-18(17)20)21-11-24(40-37-21,26(32,33)34)14-8-15(27)10-16(28)9-14/h2-10,13H,11-12H2,1H3,(H,35,38)(H,36,39)/t13-,24?/m1/s1. The van der Waals surface area contributed by atoms with Crippen LogP contribution in [0.15, 0.2) is 59.8 Å². The van der Waals surface area contributed by atoms with Crippen LogP contribution in [0.3, 0.4) is 0 Å². The Kier molecular flexibility index (Phi) is 7.97. The predicted molar refractivity (Wildman–Crippen MR) is 136 cm³/mol. The van der Waals surface area contributed by atoms with Gasteiger partial charge in [-0.3, -0.25) is 9.59 Å². The lowest BCUT2D eigenvalue weighted by Crippen LogP contribution is -2.47. The van der Waals surface area contributed by atoms with Gasteiger partial charge in [-0.1, -0.05) is 58.7 Å². The van der Waals surface area contributed by atoms with Crippen LogP contribution in [0.4, 0.5) is 26.3 Å². The van der Waals surface area contributed by atoms with Crippen LogP contribution in [0, 0.1) is 0 Å². The molecule has 2 N–H and O–H groups in total. The topological polar surface area (TPSA) is 79.8 Å². The first-order valence-electron chi connectivity index (χ1n) is 11.6. The minimum atomic E-state index is -4.91. The van der Waals surface area contributed by atoms with Gasteiger partial charge in [-0.2, -0.15) is 26.3 Å². The van der Waals surface area contributed by atoms with Gasteiger partial charge in [0, 0.05) is 33.2 Å². The Labute approximate surface area is 233 Å². The number of nitrogens with one attached hydrogen (secondary N) is 2. The van der Waals surface area contributed by atoms with E-state index in [0.29, 0.717) is 10.8 Å². The molecule has 0 bridgehead atoms. The Hall–Kier alpha value is -3.51. The number of carbonyl (C=O) groups is 2. The van der Waals surface area contributed by atoms with Crippen LogP contribution in [-0.4, -0.2) is 42.5 Å². The molecule has 212 valence electrons. The van der Waals surface area contributed by atoms with Gasteiger partial charge in [0.1, 0.15) is 12.6 Å². The van der Waals surface area contributed by atoms with Gasteiger partial charge in [0.2, 0.25) is 5.91 Å². The van der Waals surface area contributed by atoms with Crippen molar-refractivity contribution in [2.75, 3.05) is 6.54 Å². The van der Waals surface area contributed by atoms with Gasteiger partial charge in [0.15, 0.2) is 0 Å². The molecule has 1 unspecified atom stereocenters. The molecule has 0 fully saturated rings. The number of nitrogens with zero attached hydrogens (tertiary/aromatic N) is 1. The van der Waals surface area contributed by atoms with Crippen molar-refractivity contribution in [2.45, 2.75) is 37.3 Å². The number of alkyl halides is 6. The number of oxime groups is 1. The highest BCUT2D eigenvalue weighted by atomic mass is 35.5. The second-order valence-electron chi connectivity index (χ2n) is 9.02. The Balaban J connectivity index is 1.64. The Morgan fingerprint density at radius 2 is 1.62 bits per heavy atom. The zero-order chi connectivity index (χ0) is 29.5. The number of amides is 2. The van der Waals surface area contributed by atoms with Crippen LogP contribution in [-0.2, 0) is 15.2 Å². The van der Waals surface area contributed by atoms with Crippen molar-refractivity contribution in [1.82, 2.24) is 10.6 Å². The molecule has 0 saturated heterocycles. The predicted octanol–water partition coefficient (Wildman–Crippen LogP) is 6.53. The molecule has 0 saturated carbocycles. The lowest BCUT2D eigenvalue weighted by Gasteiger charge is -2.29. The summed E-state index contributed by atoms with van der Waals surface area (Å²) < 4.78 is 80.4. The van der Waals surface area contributed by atoms with E-state index in [1.165, 1.54) is 31.2 Å². The summed E-state index contributed by atoms with van der Waals surface area (Å²) in [6.45, 7) is -0.349. The second-order valence-corrected chi connectivity index (χ2v) is 9.90. The van der Waals surface area contributed by atoms with E-state index >= 15 is 0 Å². The fourth-order valence-corrected chi connectivity index (χ4v) is 4.79. The zero-order valence-electron chi connectivity index (χ0n) is 20.4. The maximum absolute atomic E-state index is 14.4. The SMILES string of the molecule is C[C@@H](NC(=O)c1ccc(C2=NOC(c3cc(Cl)cc(Cl)c3)(C(F)(F)F)C2)c2ccccc12)C(=O)NCC(F)(F)F. The maximum atomic E-state index is 14.4. The molecular weight excluding hydrogens is 587 g/mol. The quantitative estimate of drug-likeness (QED) is 0.314. The van der Waals surface area contributed by atoms with Crippen molar-refractivity contribution in [2.24, 2.45) is 5.16 Å². The summed E-state index contributed by atoms with van der Waals surface area (Å²) in [6.07, 6.45) is -10.3. The summed E-state index contributed by atoms with van der Waals surface area (Å²) in [5.41, 5.74) is -2.97. The number of hydrogen-bond donors (Lipinski definition) is 2. The van der Waals surface area contributed by atoms with Crippen LogP contribution >= 0.6 is 23.2 Å². The number of hydrogen-bond acceptors (Lipinski definition) is 4. The van der Waals surface area contributed by atoms with Crippen LogP contribution in [0.2, 0.25) is 10.0 Å². The summed E-state index contributed by atoms with van der Waals surface area (Å²) in [4.78, 5) is 30.0. The molecule has 1 heterocycles. The Morgan fingerprint density at radius 1 is 1.00 bits per heavy atom. The first-order valence-corrected chi connectivity index (χ1v) is 12.3. The van der Waals surface area contributed by atoms with E-state index in [0.717, 1.165) is 12.1 Å². The minimum Gasteiger partial charge on any atom is -0.374 e. The van der Waals surface area contributed by atoms with Crippen LogP contribution < -0.4 is 10.6 Å². The van der Waals surface area contributed by atoms with Gasteiger partial charge in [0.05, 0.1) is 5.71 Å². The molecule has 0 radical (unpaired) electrons. The highest BCUT2D eigenvalue weighted by Gasteiger charge is 2.62. The third-order valence-electron chi connectivity index (χ3n) is 6.20. The molecule has 6 nitrogen and oxygen atoms in total. The second kappa shape index (κ2) is 10.8. The lowest BCUT2D eigenvalue weighted by atomic mass is 9.85. The summed E-state index contributed by atoms with van der Waals surface area (Å²) in [7, 11) is 0. The highest BCUT2D eigenvalue weighted by Crippen LogP contribution is 2.50. The number of halogens is 8. The van der Waals surface area contributed by atoms with Gasteiger partial charge < -0.3 is 15.5 Å². The zero-order valence-corrected chi connectivity index (χ0v) is 21.9. The lowest BCUT2D eigenvalue weighted by molar-refractivity contribution is -0.275. The fraction of sp³-hybridized carbons (Fsp3) is 0.269. The molecule has 1 aliphatic rings. The molecule has 2 atom stereocenters. The molecule has 0 spiro atoms. The van der Waals surface area contributed by atoms with E-state index in [1.807, 2.05) is 0 Å².